The third-order valence-electron chi connectivity index (χ3n) is 14.2. The summed E-state index contributed by atoms with van der Waals surface area (Å²) in [5.41, 5.74) is 22.8. The first-order valence-corrected chi connectivity index (χ1v) is 22.8. The van der Waals surface area contributed by atoms with Crippen molar-refractivity contribution in [1.29, 1.82) is 0 Å². The second-order valence-corrected chi connectivity index (χ2v) is 18.0. The van der Waals surface area contributed by atoms with E-state index in [1.54, 1.807) is 0 Å². The van der Waals surface area contributed by atoms with Crippen molar-refractivity contribution in [2.45, 2.75) is 24.7 Å². The molecule has 0 aliphatic heterocycles. The molecular weight excluding hydrogens is 783 g/mol. The molecule has 10 aromatic carbocycles. The van der Waals surface area contributed by atoms with Crippen LogP contribution >= 0.6 is 0 Å². The molecule has 2 aliphatic rings. The molecule has 0 amide bonds. The summed E-state index contributed by atoms with van der Waals surface area (Å²) in [7, 11) is 0. The molecule has 0 unspecified atom stereocenters. The Kier molecular flexibility index (Phi) is 9.14. The van der Waals surface area contributed by atoms with E-state index >= 15 is 0 Å². The highest BCUT2D eigenvalue weighted by molar-refractivity contribution is 5.98. The highest BCUT2D eigenvalue weighted by atomic mass is 15.1. The molecule has 0 atom stereocenters. The van der Waals surface area contributed by atoms with E-state index < -0.39 is 5.41 Å². The van der Waals surface area contributed by atoms with Crippen molar-refractivity contribution in [3.8, 4) is 55.6 Å². The van der Waals surface area contributed by atoms with Crippen molar-refractivity contribution in [3.63, 3.8) is 0 Å². The van der Waals surface area contributed by atoms with Gasteiger partial charge in [-0.3, -0.25) is 0 Å². The minimum absolute atomic E-state index is 0.150. The first-order chi connectivity index (χ1) is 32.0. The Labute approximate surface area is 382 Å². The summed E-state index contributed by atoms with van der Waals surface area (Å²) in [5.74, 6) is 0. The SMILES string of the molecule is CC1(C)c2ccccc2-c2ccc(N(c3ccc(-c4ccccc4)cc3)c3cccc4c3-c3ccccc3C4(c3ccc(-c4ccccc4)cc3)c3ccc(-c4ccccc4)cc3)cc21. The van der Waals surface area contributed by atoms with E-state index in [0.717, 1.165) is 17.1 Å². The van der Waals surface area contributed by atoms with Crippen LogP contribution in [0.25, 0.3) is 55.6 Å². The zero-order chi connectivity index (χ0) is 43.5. The average Bonchev–Trinajstić information content (AvgIpc) is 3.81. The monoisotopic (exact) mass is 829 g/mol. The lowest BCUT2D eigenvalue weighted by atomic mass is 9.67. The topological polar surface area (TPSA) is 3.24 Å². The van der Waals surface area contributed by atoms with Gasteiger partial charge >= 0.3 is 0 Å². The zero-order valence-electron chi connectivity index (χ0n) is 36.6. The number of anilines is 3. The van der Waals surface area contributed by atoms with E-state index in [9.17, 15) is 0 Å². The zero-order valence-corrected chi connectivity index (χ0v) is 36.6. The fraction of sp³-hybridized carbons (Fsp3) is 0.0625. The van der Waals surface area contributed by atoms with Gasteiger partial charge in [-0.25, -0.2) is 0 Å². The molecule has 0 bridgehead atoms. The first kappa shape index (κ1) is 38.7. The van der Waals surface area contributed by atoms with E-state index in [4.69, 9.17) is 0 Å². The van der Waals surface area contributed by atoms with Gasteiger partial charge in [0.2, 0.25) is 0 Å². The van der Waals surface area contributed by atoms with E-state index in [-0.39, 0.29) is 5.41 Å². The summed E-state index contributed by atoms with van der Waals surface area (Å²) in [5, 5.41) is 0. The van der Waals surface area contributed by atoms with Crippen molar-refractivity contribution in [1.82, 2.24) is 0 Å². The summed E-state index contributed by atoms with van der Waals surface area (Å²) >= 11 is 0. The second-order valence-electron chi connectivity index (χ2n) is 18.0. The Bertz CT molecular complexity index is 3260. The standard InChI is InChI=1S/C64H47N/c1-63(2)57-25-14-12-23-54(57)55-42-41-53(43-60(55)63)65(52-39-33-49(34-40-52)46-21-10-5-11-22-46)61-28-16-27-59-62(61)56-24-13-15-26-58(56)64(59,50-35-29-47(30-36-50)44-17-6-3-7-18-44)51-37-31-48(32-38-51)45-19-8-4-9-20-45/h3-43H,1-2H3. The maximum atomic E-state index is 2.51. The van der Waals surface area contributed by atoms with E-state index in [2.05, 4.69) is 267 Å². The Morgan fingerprint density at radius 2 is 0.708 bits per heavy atom. The highest BCUT2D eigenvalue weighted by Gasteiger charge is 2.47. The number of hydrogen-bond donors (Lipinski definition) is 0. The lowest BCUT2D eigenvalue weighted by Gasteiger charge is -2.35. The van der Waals surface area contributed by atoms with Gasteiger partial charge in [-0.1, -0.05) is 232 Å². The molecule has 10 aromatic rings. The molecule has 2 aliphatic carbocycles. The number of fused-ring (bicyclic) bond motifs is 6. The molecule has 1 heteroatoms. The molecule has 308 valence electrons. The highest BCUT2D eigenvalue weighted by Crippen LogP contribution is 2.60. The van der Waals surface area contributed by atoms with Crippen molar-refractivity contribution in [2.75, 3.05) is 4.90 Å². The van der Waals surface area contributed by atoms with Crippen molar-refractivity contribution >= 4 is 17.1 Å². The second kappa shape index (κ2) is 15.4. The van der Waals surface area contributed by atoms with Crippen LogP contribution in [0.2, 0.25) is 0 Å². The van der Waals surface area contributed by atoms with Crippen LogP contribution in [-0.2, 0) is 10.8 Å². The molecule has 0 radical (unpaired) electrons. The van der Waals surface area contributed by atoms with Crippen molar-refractivity contribution in [2.24, 2.45) is 0 Å². The van der Waals surface area contributed by atoms with Crippen molar-refractivity contribution in [3.05, 3.63) is 282 Å². The van der Waals surface area contributed by atoms with E-state index in [1.807, 2.05) is 0 Å². The Balaban J connectivity index is 1.10. The van der Waals surface area contributed by atoms with Crippen LogP contribution in [0.3, 0.4) is 0 Å². The van der Waals surface area contributed by atoms with Crippen LogP contribution in [-0.4, -0.2) is 0 Å². The molecule has 0 saturated carbocycles. The summed E-state index contributed by atoms with van der Waals surface area (Å²) in [6.45, 7) is 4.74. The third-order valence-corrected chi connectivity index (χ3v) is 14.2. The average molecular weight is 830 g/mol. The molecular formula is C64H47N. The van der Waals surface area contributed by atoms with Gasteiger partial charge in [-0.05, 0) is 114 Å². The summed E-state index contributed by atoms with van der Waals surface area (Å²) in [6, 6.07) is 92.1. The Hall–Kier alpha value is -8.00. The normalized spacial score (nSPS) is 13.6. The quantitative estimate of drug-likeness (QED) is 0.147. The largest absolute Gasteiger partial charge is 0.310 e. The minimum atomic E-state index is -0.600. The van der Waals surface area contributed by atoms with Crippen LogP contribution < -0.4 is 4.90 Å². The number of benzene rings is 10. The number of nitrogens with zero attached hydrogens (tertiary/aromatic N) is 1. The molecule has 0 N–H and O–H groups in total. The fourth-order valence-corrected chi connectivity index (χ4v) is 11.1. The molecule has 1 nitrogen and oxygen atoms in total. The van der Waals surface area contributed by atoms with Gasteiger partial charge in [0, 0.05) is 22.4 Å². The smallest absolute Gasteiger partial charge is 0.0714 e. The molecule has 12 rings (SSSR count). The minimum Gasteiger partial charge on any atom is -0.310 e. The van der Waals surface area contributed by atoms with Gasteiger partial charge in [0.1, 0.15) is 0 Å². The van der Waals surface area contributed by atoms with Gasteiger partial charge in [0.25, 0.3) is 0 Å². The molecule has 65 heavy (non-hydrogen) atoms. The fourth-order valence-electron chi connectivity index (χ4n) is 11.1. The van der Waals surface area contributed by atoms with Gasteiger partial charge in [0.05, 0.1) is 11.1 Å². The van der Waals surface area contributed by atoms with Crippen LogP contribution in [0.4, 0.5) is 17.1 Å². The number of rotatable bonds is 8. The van der Waals surface area contributed by atoms with Crippen LogP contribution in [0.5, 0.6) is 0 Å². The Morgan fingerprint density at radius 1 is 0.292 bits per heavy atom. The van der Waals surface area contributed by atoms with E-state index in [0.29, 0.717) is 0 Å². The summed E-state index contributed by atoms with van der Waals surface area (Å²) in [4.78, 5) is 2.51. The molecule has 0 heterocycles. The number of hydrogen-bond acceptors (Lipinski definition) is 1. The third kappa shape index (κ3) is 6.15. The van der Waals surface area contributed by atoms with Gasteiger partial charge < -0.3 is 4.90 Å². The maximum absolute atomic E-state index is 2.51. The predicted octanol–water partition coefficient (Wildman–Crippen LogP) is 16.8. The molecule has 0 aromatic heterocycles. The van der Waals surface area contributed by atoms with Crippen molar-refractivity contribution < 1.29 is 0 Å². The summed E-state index contributed by atoms with van der Waals surface area (Å²) in [6.07, 6.45) is 0. The molecule has 0 saturated heterocycles. The van der Waals surface area contributed by atoms with Crippen LogP contribution in [0.1, 0.15) is 47.2 Å². The first-order valence-electron chi connectivity index (χ1n) is 22.8. The lowest BCUT2D eigenvalue weighted by molar-refractivity contribution is 0.660. The van der Waals surface area contributed by atoms with E-state index in [1.165, 1.54) is 89.0 Å². The van der Waals surface area contributed by atoms with Crippen LogP contribution in [0, 0.1) is 0 Å². The van der Waals surface area contributed by atoms with Gasteiger partial charge in [-0.15, -0.1) is 0 Å². The van der Waals surface area contributed by atoms with Crippen LogP contribution in [0.15, 0.2) is 249 Å². The lowest BCUT2D eigenvalue weighted by Crippen LogP contribution is -2.28. The molecule has 0 spiro atoms. The van der Waals surface area contributed by atoms with Gasteiger partial charge in [0.15, 0.2) is 0 Å². The summed E-state index contributed by atoms with van der Waals surface area (Å²) < 4.78 is 0. The Morgan fingerprint density at radius 3 is 1.26 bits per heavy atom. The molecule has 0 fully saturated rings. The maximum Gasteiger partial charge on any atom is 0.0714 e. The predicted molar refractivity (Wildman–Crippen MR) is 272 cm³/mol. The van der Waals surface area contributed by atoms with Gasteiger partial charge in [-0.2, -0.15) is 0 Å².